The number of halogens is 1. The summed E-state index contributed by atoms with van der Waals surface area (Å²) in [7, 11) is 1.80. The maximum absolute atomic E-state index is 14.1. The van der Waals surface area contributed by atoms with Crippen molar-refractivity contribution in [1.82, 2.24) is 14.8 Å². The molecule has 0 bridgehead atoms. The summed E-state index contributed by atoms with van der Waals surface area (Å²) in [5.74, 6) is 0.480. The van der Waals surface area contributed by atoms with Crippen molar-refractivity contribution in [2.45, 2.75) is 89.8 Å². The van der Waals surface area contributed by atoms with Crippen molar-refractivity contribution in [2.75, 3.05) is 25.0 Å². The molecule has 0 radical (unpaired) electrons. The number of fused-ring (bicyclic) bond motifs is 1. The molecular weight excluding hydrogens is 500 g/mol. The second kappa shape index (κ2) is 11.8. The van der Waals surface area contributed by atoms with Crippen molar-refractivity contribution in [1.29, 1.82) is 0 Å². The minimum Gasteiger partial charge on any atom is -0.343 e. The molecule has 2 aromatic rings. The Morgan fingerprint density at radius 3 is 2.58 bits per heavy atom. The molecule has 3 fully saturated rings. The van der Waals surface area contributed by atoms with Gasteiger partial charge in [0, 0.05) is 61.0 Å². The van der Waals surface area contributed by atoms with Crippen molar-refractivity contribution in [3.63, 3.8) is 0 Å². The Balaban J connectivity index is 1.40. The maximum Gasteiger partial charge on any atom is 0.227 e. The van der Waals surface area contributed by atoms with E-state index in [0.29, 0.717) is 24.4 Å². The number of nitrogens with zero attached hydrogens (tertiary/aromatic N) is 3. The van der Waals surface area contributed by atoms with Crippen LogP contribution in [0.15, 0.2) is 24.4 Å². The molecule has 1 N–H and O–H groups in total. The van der Waals surface area contributed by atoms with Crippen LogP contribution in [-0.4, -0.2) is 59.3 Å². The molecule has 8 heteroatoms. The molecule has 3 aliphatic rings. The van der Waals surface area contributed by atoms with Crippen LogP contribution in [0.1, 0.15) is 71.1 Å². The zero-order valence-corrected chi connectivity index (χ0v) is 23.5. The number of Topliss-reactive ketones (excluding diaryl/α,β-unsaturated/α-hetero) is 1. The van der Waals surface area contributed by atoms with Gasteiger partial charge in [-0.15, -0.1) is 0 Å². The molecular formula is C30H41ClN4O3. The molecule has 7 nitrogen and oxygen atoms in total. The molecule has 1 saturated carbocycles. The number of carbonyl (C=O) groups is 3. The van der Waals surface area contributed by atoms with E-state index in [2.05, 4.69) is 21.0 Å². The number of rotatable bonds is 9. The highest BCUT2D eigenvalue weighted by molar-refractivity contribution is 6.31. The second-order valence-corrected chi connectivity index (χ2v) is 11.9. The molecule has 2 amide bonds. The number of ketones is 1. The number of hydrogen-bond donors (Lipinski definition) is 1. The summed E-state index contributed by atoms with van der Waals surface area (Å²) in [5, 5.41) is 4.69. The Labute approximate surface area is 230 Å². The third kappa shape index (κ3) is 5.50. The van der Waals surface area contributed by atoms with Crippen LogP contribution in [0.2, 0.25) is 5.02 Å². The Bertz CT molecular complexity index is 1190. The van der Waals surface area contributed by atoms with Crippen molar-refractivity contribution in [3.05, 3.63) is 29.4 Å². The minimum absolute atomic E-state index is 0.0684. The van der Waals surface area contributed by atoms with Crippen LogP contribution < -0.4 is 10.2 Å². The number of amides is 2. The van der Waals surface area contributed by atoms with Gasteiger partial charge in [-0.2, -0.15) is 0 Å². The van der Waals surface area contributed by atoms with Gasteiger partial charge in [-0.05, 0) is 70.2 Å². The van der Waals surface area contributed by atoms with E-state index < -0.39 is 0 Å². The first-order valence-corrected chi connectivity index (χ1v) is 14.8. The Morgan fingerprint density at radius 1 is 1.08 bits per heavy atom. The summed E-state index contributed by atoms with van der Waals surface area (Å²) >= 11 is 6.36. The van der Waals surface area contributed by atoms with Crippen LogP contribution in [0.25, 0.3) is 10.9 Å². The van der Waals surface area contributed by atoms with Gasteiger partial charge in [0.05, 0.1) is 17.2 Å². The van der Waals surface area contributed by atoms with Gasteiger partial charge in [0.25, 0.3) is 0 Å². The van der Waals surface area contributed by atoms with Gasteiger partial charge in [0.15, 0.2) is 0 Å². The second-order valence-electron chi connectivity index (χ2n) is 11.5. The molecule has 38 heavy (non-hydrogen) atoms. The fourth-order valence-electron chi connectivity index (χ4n) is 6.82. The number of likely N-dealkylation sites (tertiary alicyclic amines) is 1. The highest BCUT2D eigenvalue weighted by Gasteiger charge is 2.39. The first-order valence-electron chi connectivity index (χ1n) is 14.5. The lowest BCUT2D eigenvalue weighted by Gasteiger charge is -2.35. The van der Waals surface area contributed by atoms with Crippen molar-refractivity contribution in [3.8, 4) is 0 Å². The molecule has 1 aliphatic carbocycles. The van der Waals surface area contributed by atoms with Gasteiger partial charge in [-0.3, -0.25) is 14.4 Å². The molecule has 2 saturated heterocycles. The smallest absolute Gasteiger partial charge is 0.227 e. The molecule has 3 unspecified atom stereocenters. The zero-order chi connectivity index (χ0) is 26.8. The largest absolute Gasteiger partial charge is 0.343 e. The number of likely N-dealkylation sites (N-methyl/N-ethyl adjacent to an activating group) is 1. The van der Waals surface area contributed by atoms with Crippen LogP contribution in [0.3, 0.4) is 0 Å². The topological polar surface area (TPSA) is 74.7 Å². The van der Waals surface area contributed by atoms with E-state index in [1.807, 2.05) is 30.0 Å². The van der Waals surface area contributed by atoms with Crippen LogP contribution in [-0.2, 0) is 20.9 Å². The van der Waals surface area contributed by atoms with Gasteiger partial charge < -0.3 is 19.7 Å². The summed E-state index contributed by atoms with van der Waals surface area (Å²) in [5.41, 5.74) is 1.94. The van der Waals surface area contributed by atoms with E-state index in [4.69, 9.17) is 11.6 Å². The Kier molecular flexibility index (Phi) is 8.44. The van der Waals surface area contributed by atoms with Crippen molar-refractivity contribution >= 4 is 45.8 Å². The SMILES string of the molecule is CNC(C)C(=O)CC(C(=O)N1CCCC1Cn1cc(N2CCCC2=O)c2cc(Cl)ccc21)C1CCCCC1. The van der Waals surface area contributed by atoms with Crippen LogP contribution in [0.4, 0.5) is 5.69 Å². The fraction of sp³-hybridized carbons (Fsp3) is 0.633. The number of hydrogen-bond acceptors (Lipinski definition) is 4. The highest BCUT2D eigenvalue weighted by Crippen LogP contribution is 2.37. The standard InChI is InChI=1S/C30H41ClN4O3/c1-20(32-2)28(36)17-24(21-8-4-3-5-9-21)30(38)34-14-6-10-23(34)18-33-19-27(35-15-7-11-29(35)37)25-16-22(31)12-13-26(25)33/h12-13,16,19-21,23-24,32H,3-11,14-15,17-18H2,1-2H3. The van der Waals surface area contributed by atoms with Crippen LogP contribution >= 0.6 is 11.6 Å². The van der Waals surface area contributed by atoms with Crippen molar-refractivity contribution < 1.29 is 14.4 Å². The Morgan fingerprint density at radius 2 is 1.87 bits per heavy atom. The summed E-state index contributed by atoms with van der Waals surface area (Å²) in [6, 6.07) is 5.68. The predicted octanol–water partition coefficient (Wildman–Crippen LogP) is 5.18. The molecule has 2 aliphatic heterocycles. The van der Waals surface area contributed by atoms with Gasteiger partial charge in [-0.1, -0.05) is 30.9 Å². The molecule has 1 aromatic carbocycles. The van der Waals surface area contributed by atoms with E-state index in [9.17, 15) is 14.4 Å². The van der Waals surface area contributed by atoms with E-state index in [1.54, 1.807) is 7.05 Å². The van der Waals surface area contributed by atoms with E-state index in [0.717, 1.165) is 74.6 Å². The zero-order valence-electron chi connectivity index (χ0n) is 22.8. The summed E-state index contributed by atoms with van der Waals surface area (Å²) < 4.78 is 2.20. The van der Waals surface area contributed by atoms with Crippen LogP contribution in [0.5, 0.6) is 0 Å². The first kappa shape index (κ1) is 27.2. The predicted molar refractivity (Wildman–Crippen MR) is 151 cm³/mol. The summed E-state index contributed by atoms with van der Waals surface area (Å²) in [4.78, 5) is 43.6. The monoisotopic (exact) mass is 540 g/mol. The highest BCUT2D eigenvalue weighted by atomic mass is 35.5. The lowest BCUT2D eigenvalue weighted by atomic mass is 9.76. The number of benzene rings is 1. The molecule has 3 heterocycles. The Hall–Kier alpha value is -2.38. The molecule has 0 spiro atoms. The van der Waals surface area contributed by atoms with E-state index in [-0.39, 0.29) is 41.5 Å². The number of anilines is 1. The molecule has 1 aromatic heterocycles. The third-order valence-electron chi connectivity index (χ3n) is 9.13. The normalized spacial score (nSPS) is 22.4. The maximum atomic E-state index is 14.1. The van der Waals surface area contributed by atoms with Gasteiger partial charge in [0.1, 0.15) is 5.78 Å². The number of carbonyl (C=O) groups excluding carboxylic acids is 3. The average molecular weight is 541 g/mol. The van der Waals surface area contributed by atoms with E-state index >= 15 is 0 Å². The average Bonchev–Trinajstić information content (AvgIpc) is 3.65. The lowest BCUT2D eigenvalue weighted by Crippen LogP contribution is -2.45. The summed E-state index contributed by atoms with van der Waals surface area (Å²) in [6.07, 6.45) is 11.3. The van der Waals surface area contributed by atoms with Gasteiger partial charge in [-0.25, -0.2) is 0 Å². The molecule has 5 rings (SSSR count). The van der Waals surface area contributed by atoms with E-state index in [1.165, 1.54) is 6.42 Å². The van der Waals surface area contributed by atoms with Crippen LogP contribution in [0, 0.1) is 11.8 Å². The quantitative estimate of drug-likeness (QED) is 0.476. The number of aromatic nitrogens is 1. The fourth-order valence-corrected chi connectivity index (χ4v) is 6.99. The molecule has 3 atom stereocenters. The summed E-state index contributed by atoms with van der Waals surface area (Å²) in [6.45, 7) is 4.02. The third-order valence-corrected chi connectivity index (χ3v) is 9.36. The number of nitrogens with one attached hydrogen (secondary N) is 1. The molecule has 206 valence electrons. The lowest BCUT2D eigenvalue weighted by molar-refractivity contribution is -0.141. The van der Waals surface area contributed by atoms with Gasteiger partial charge >= 0.3 is 0 Å². The van der Waals surface area contributed by atoms with Gasteiger partial charge in [0.2, 0.25) is 11.8 Å². The first-order chi connectivity index (χ1) is 18.4. The minimum atomic E-state index is -0.243. The van der Waals surface area contributed by atoms with Crippen molar-refractivity contribution in [2.24, 2.45) is 11.8 Å².